The third-order valence-corrected chi connectivity index (χ3v) is 4.47. The van der Waals surface area contributed by atoms with Crippen LogP contribution in [0.15, 0.2) is 54.6 Å². The summed E-state index contributed by atoms with van der Waals surface area (Å²) in [5.74, 6) is 0.823. The Morgan fingerprint density at radius 2 is 1.62 bits per heavy atom. The van der Waals surface area contributed by atoms with Crippen LogP contribution in [0.5, 0.6) is 0 Å². The van der Waals surface area contributed by atoms with Crippen molar-refractivity contribution in [2.45, 2.75) is 25.4 Å². The first-order valence-corrected chi connectivity index (χ1v) is 7.82. The van der Waals surface area contributed by atoms with Crippen LogP contribution in [0.2, 0.25) is 0 Å². The van der Waals surface area contributed by atoms with E-state index in [0.717, 1.165) is 19.0 Å². The van der Waals surface area contributed by atoms with Gasteiger partial charge in [-0.05, 0) is 42.5 Å². The lowest BCUT2D eigenvalue weighted by Crippen LogP contribution is -2.39. The standard InChI is InChI=1S/C19H24N2/c1-21(19(13-20)18-11-12-18)14-15-7-9-17(10-8-15)16-5-3-2-4-6-16/h2-10,18-19H,11-14,20H2,1H3. The quantitative estimate of drug-likeness (QED) is 0.877. The highest BCUT2D eigenvalue weighted by Gasteiger charge is 2.32. The molecule has 1 unspecified atom stereocenters. The molecule has 0 radical (unpaired) electrons. The van der Waals surface area contributed by atoms with Crippen LogP contribution < -0.4 is 5.73 Å². The topological polar surface area (TPSA) is 29.3 Å². The SMILES string of the molecule is CN(Cc1ccc(-c2ccccc2)cc1)C(CN)C1CC1. The van der Waals surface area contributed by atoms with Crippen LogP contribution in [0.1, 0.15) is 18.4 Å². The molecule has 0 aliphatic heterocycles. The summed E-state index contributed by atoms with van der Waals surface area (Å²) < 4.78 is 0. The van der Waals surface area contributed by atoms with Crippen molar-refractivity contribution in [3.63, 3.8) is 0 Å². The van der Waals surface area contributed by atoms with Crippen molar-refractivity contribution in [2.75, 3.05) is 13.6 Å². The molecule has 0 bridgehead atoms. The summed E-state index contributed by atoms with van der Waals surface area (Å²) in [5, 5.41) is 0. The molecule has 0 heterocycles. The smallest absolute Gasteiger partial charge is 0.0247 e. The molecular formula is C19H24N2. The average molecular weight is 280 g/mol. The van der Waals surface area contributed by atoms with Crippen molar-refractivity contribution in [2.24, 2.45) is 11.7 Å². The Labute approximate surface area is 127 Å². The van der Waals surface area contributed by atoms with Crippen LogP contribution in [0, 0.1) is 5.92 Å². The minimum Gasteiger partial charge on any atom is -0.329 e. The summed E-state index contributed by atoms with van der Waals surface area (Å²) in [7, 11) is 2.20. The van der Waals surface area contributed by atoms with E-state index in [0.29, 0.717) is 6.04 Å². The van der Waals surface area contributed by atoms with E-state index in [-0.39, 0.29) is 0 Å². The molecule has 1 saturated carbocycles. The maximum atomic E-state index is 5.93. The number of likely N-dealkylation sites (N-methyl/N-ethyl adjacent to an activating group) is 1. The molecule has 0 aromatic heterocycles. The van der Waals surface area contributed by atoms with Gasteiger partial charge in [0.25, 0.3) is 0 Å². The molecule has 0 amide bonds. The van der Waals surface area contributed by atoms with Crippen molar-refractivity contribution in [1.82, 2.24) is 4.90 Å². The maximum absolute atomic E-state index is 5.93. The van der Waals surface area contributed by atoms with E-state index in [2.05, 4.69) is 66.5 Å². The van der Waals surface area contributed by atoms with Gasteiger partial charge in [0.05, 0.1) is 0 Å². The van der Waals surface area contributed by atoms with Crippen molar-refractivity contribution < 1.29 is 0 Å². The minimum atomic E-state index is 0.541. The number of nitrogens with zero attached hydrogens (tertiary/aromatic N) is 1. The Hall–Kier alpha value is -1.64. The lowest BCUT2D eigenvalue weighted by molar-refractivity contribution is 0.215. The second kappa shape index (κ2) is 6.42. The third kappa shape index (κ3) is 3.52. The fourth-order valence-electron chi connectivity index (χ4n) is 3.05. The molecule has 2 N–H and O–H groups in total. The molecule has 1 aliphatic rings. The van der Waals surface area contributed by atoms with Gasteiger partial charge in [-0.25, -0.2) is 0 Å². The molecule has 21 heavy (non-hydrogen) atoms. The predicted octanol–water partition coefficient (Wildman–Crippen LogP) is 3.52. The van der Waals surface area contributed by atoms with Crippen molar-refractivity contribution in [3.05, 3.63) is 60.2 Å². The second-order valence-corrected chi connectivity index (χ2v) is 6.12. The molecule has 3 rings (SSSR count). The normalized spacial score (nSPS) is 16.1. The van der Waals surface area contributed by atoms with Gasteiger partial charge in [-0.3, -0.25) is 4.90 Å². The molecular weight excluding hydrogens is 256 g/mol. The van der Waals surface area contributed by atoms with Crippen LogP contribution in [0.25, 0.3) is 11.1 Å². The second-order valence-electron chi connectivity index (χ2n) is 6.12. The average Bonchev–Trinajstić information content (AvgIpc) is 3.34. The Morgan fingerprint density at radius 1 is 1.00 bits per heavy atom. The van der Waals surface area contributed by atoms with E-state index in [1.54, 1.807) is 0 Å². The lowest BCUT2D eigenvalue weighted by atomic mass is 10.0. The summed E-state index contributed by atoms with van der Waals surface area (Å²) >= 11 is 0. The van der Waals surface area contributed by atoms with Gasteiger partial charge in [-0.15, -0.1) is 0 Å². The Kier molecular flexibility index (Phi) is 4.37. The zero-order valence-electron chi connectivity index (χ0n) is 12.7. The summed E-state index contributed by atoms with van der Waals surface area (Å²) in [6.45, 7) is 1.75. The largest absolute Gasteiger partial charge is 0.329 e. The van der Waals surface area contributed by atoms with E-state index in [1.807, 2.05) is 0 Å². The first kappa shape index (κ1) is 14.3. The summed E-state index contributed by atoms with van der Waals surface area (Å²) in [5.41, 5.74) is 9.84. The van der Waals surface area contributed by atoms with Crippen molar-refractivity contribution >= 4 is 0 Å². The number of rotatable bonds is 6. The van der Waals surface area contributed by atoms with E-state index < -0.39 is 0 Å². The van der Waals surface area contributed by atoms with Crippen LogP contribution in [-0.2, 0) is 6.54 Å². The van der Waals surface area contributed by atoms with E-state index in [9.17, 15) is 0 Å². The van der Waals surface area contributed by atoms with Gasteiger partial charge in [-0.1, -0.05) is 54.6 Å². The highest BCUT2D eigenvalue weighted by molar-refractivity contribution is 5.63. The zero-order valence-corrected chi connectivity index (χ0v) is 12.7. The van der Waals surface area contributed by atoms with Gasteiger partial charge in [0.15, 0.2) is 0 Å². The third-order valence-electron chi connectivity index (χ3n) is 4.47. The molecule has 2 nitrogen and oxygen atoms in total. The first-order valence-electron chi connectivity index (χ1n) is 7.82. The molecule has 1 atom stereocenters. The Balaban J connectivity index is 1.67. The lowest BCUT2D eigenvalue weighted by Gasteiger charge is -2.27. The molecule has 110 valence electrons. The van der Waals surface area contributed by atoms with Gasteiger partial charge in [-0.2, -0.15) is 0 Å². The molecule has 1 fully saturated rings. The Morgan fingerprint density at radius 3 is 2.19 bits per heavy atom. The van der Waals surface area contributed by atoms with Crippen LogP contribution >= 0.6 is 0 Å². The number of hydrogen-bond donors (Lipinski definition) is 1. The van der Waals surface area contributed by atoms with Gasteiger partial charge >= 0.3 is 0 Å². The molecule has 1 aliphatic carbocycles. The fraction of sp³-hybridized carbons (Fsp3) is 0.368. The van der Waals surface area contributed by atoms with Crippen molar-refractivity contribution in [3.8, 4) is 11.1 Å². The molecule has 0 spiro atoms. The monoisotopic (exact) mass is 280 g/mol. The number of nitrogens with two attached hydrogens (primary N) is 1. The fourth-order valence-corrected chi connectivity index (χ4v) is 3.05. The first-order chi connectivity index (χ1) is 10.3. The molecule has 0 saturated heterocycles. The summed E-state index contributed by atoms with van der Waals surface area (Å²) in [6.07, 6.45) is 2.69. The molecule has 2 aromatic rings. The van der Waals surface area contributed by atoms with Crippen LogP contribution in [0.4, 0.5) is 0 Å². The minimum absolute atomic E-state index is 0.541. The van der Waals surface area contributed by atoms with Gasteiger partial charge in [0, 0.05) is 19.1 Å². The Bertz CT molecular complexity index is 558. The van der Waals surface area contributed by atoms with Gasteiger partial charge in [0.1, 0.15) is 0 Å². The highest BCUT2D eigenvalue weighted by Crippen LogP contribution is 2.35. The van der Waals surface area contributed by atoms with Crippen LogP contribution in [-0.4, -0.2) is 24.5 Å². The van der Waals surface area contributed by atoms with E-state index in [4.69, 9.17) is 5.73 Å². The molecule has 2 aromatic carbocycles. The van der Waals surface area contributed by atoms with Gasteiger partial charge < -0.3 is 5.73 Å². The maximum Gasteiger partial charge on any atom is 0.0247 e. The van der Waals surface area contributed by atoms with E-state index >= 15 is 0 Å². The highest BCUT2D eigenvalue weighted by atomic mass is 15.1. The number of hydrogen-bond acceptors (Lipinski definition) is 2. The predicted molar refractivity (Wildman–Crippen MR) is 88.9 cm³/mol. The van der Waals surface area contributed by atoms with Crippen molar-refractivity contribution in [1.29, 1.82) is 0 Å². The summed E-state index contributed by atoms with van der Waals surface area (Å²) in [4.78, 5) is 2.41. The van der Waals surface area contributed by atoms with Crippen LogP contribution in [0.3, 0.4) is 0 Å². The number of benzene rings is 2. The van der Waals surface area contributed by atoms with E-state index in [1.165, 1.54) is 29.5 Å². The summed E-state index contributed by atoms with van der Waals surface area (Å²) in [6, 6.07) is 20.0. The van der Waals surface area contributed by atoms with Gasteiger partial charge in [0.2, 0.25) is 0 Å². The zero-order chi connectivity index (χ0) is 14.7. The molecule has 2 heteroatoms.